The number of ether oxygens (including phenoxy) is 3. The van der Waals surface area contributed by atoms with Crippen LogP contribution < -0.4 is 10.6 Å². The molecule has 0 heterocycles. The van der Waals surface area contributed by atoms with Crippen LogP contribution in [0.1, 0.15) is 46.5 Å². The van der Waals surface area contributed by atoms with Crippen molar-refractivity contribution < 1.29 is 28.6 Å². The minimum absolute atomic E-state index is 0.00128. The van der Waals surface area contributed by atoms with Gasteiger partial charge in [-0.25, -0.2) is 0 Å². The Labute approximate surface area is 162 Å². The fourth-order valence-electron chi connectivity index (χ4n) is 2.07. The molecule has 27 heavy (non-hydrogen) atoms. The normalized spacial score (nSPS) is 11.8. The largest absolute Gasteiger partial charge is 0.377 e. The minimum atomic E-state index is -0.158. The maximum atomic E-state index is 11.6. The van der Waals surface area contributed by atoms with Crippen molar-refractivity contribution in [3.8, 4) is 0 Å². The number of hydrogen-bond donors (Lipinski definition) is 2. The van der Waals surface area contributed by atoms with Crippen molar-refractivity contribution in [3.63, 3.8) is 0 Å². The van der Waals surface area contributed by atoms with E-state index >= 15 is 0 Å². The summed E-state index contributed by atoms with van der Waals surface area (Å²) >= 11 is 0. The van der Waals surface area contributed by atoms with Gasteiger partial charge in [0.05, 0.1) is 19.8 Å². The summed E-state index contributed by atoms with van der Waals surface area (Å²) in [6.45, 7) is 8.22. The van der Waals surface area contributed by atoms with Crippen LogP contribution in [0.15, 0.2) is 0 Å². The maximum Gasteiger partial charge on any atom is 0.246 e. The van der Waals surface area contributed by atoms with Gasteiger partial charge in [-0.1, -0.05) is 20.3 Å². The molecule has 0 aromatic rings. The lowest BCUT2D eigenvalue weighted by atomic mass is 10.0. The van der Waals surface area contributed by atoms with E-state index in [1.54, 1.807) is 6.92 Å². The summed E-state index contributed by atoms with van der Waals surface area (Å²) in [7, 11) is 0. The monoisotopic (exact) mass is 388 g/mol. The Morgan fingerprint density at radius 2 is 1.41 bits per heavy atom. The van der Waals surface area contributed by atoms with E-state index in [1.807, 2.05) is 13.8 Å². The summed E-state index contributed by atoms with van der Waals surface area (Å²) in [5, 5.41) is 5.47. The summed E-state index contributed by atoms with van der Waals surface area (Å²) < 4.78 is 15.6. The smallest absolute Gasteiger partial charge is 0.246 e. The van der Waals surface area contributed by atoms with Crippen LogP contribution in [0.5, 0.6) is 0 Å². The summed E-state index contributed by atoms with van der Waals surface area (Å²) in [4.78, 5) is 34.0. The third kappa shape index (κ3) is 17.7. The molecular weight excluding hydrogens is 352 g/mol. The third-order valence-electron chi connectivity index (χ3n) is 3.84. The van der Waals surface area contributed by atoms with E-state index in [0.717, 1.165) is 25.7 Å². The van der Waals surface area contributed by atoms with Crippen LogP contribution in [0.25, 0.3) is 0 Å². The van der Waals surface area contributed by atoms with Gasteiger partial charge in [0.1, 0.15) is 19.0 Å². The van der Waals surface area contributed by atoms with Gasteiger partial charge in [-0.3, -0.25) is 14.4 Å². The van der Waals surface area contributed by atoms with Gasteiger partial charge in [-0.05, 0) is 26.2 Å². The predicted molar refractivity (Wildman–Crippen MR) is 102 cm³/mol. The van der Waals surface area contributed by atoms with Crippen LogP contribution in [0.2, 0.25) is 0 Å². The zero-order valence-electron chi connectivity index (χ0n) is 17.0. The molecule has 0 aromatic carbocycles. The van der Waals surface area contributed by atoms with E-state index in [0.29, 0.717) is 39.5 Å². The van der Waals surface area contributed by atoms with Crippen molar-refractivity contribution in [1.82, 2.24) is 10.6 Å². The average Bonchev–Trinajstić information content (AvgIpc) is 2.63. The van der Waals surface area contributed by atoms with E-state index in [2.05, 4.69) is 10.6 Å². The highest BCUT2D eigenvalue weighted by molar-refractivity contribution is 5.78. The average molecular weight is 389 g/mol. The molecule has 0 unspecified atom stereocenters. The molecular formula is C19H36N2O6. The first-order chi connectivity index (χ1) is 13.0. The molecule has 158 valence electrons. The van der Waals surface area contributed by atoms with E-state index in [9.17, 15) is 14.4 Å². The lowest BCUT2D eigenvalue weighted by Gasteiger charge is -2.09. The van der Waals surface area contributed by atoms with Crippen molar-refractivity contribution in [2.24, 2.45) is 5.92 Å². The predicted octanol–water partition coefficient (Wildman–Crippen LogP) is 1.07. The SMILES string of the molecule is CCCOCC(=O)NCCOCCOCC(=O)NCCCC[C@H](C)C(C)=O. The second kappa shape index (κ2) is 17.9. The van der Waals surface area contributed by atoms with E-state index in [4.69, 9.17) is 14.2 Å². The Kier molecular flexibility index (Phi) is 16.9. The molecule has 0 radical (unpaired) electrons. The van der Waals surface area contributed by atoms with Gasteiger partial charge in [0.2, 0.25) is 11.8 Å². The fraction of sp³-hybridized carbons (Fsp3) is 0.842. The van der Waals surface area contributed by atoms with Gasteiger partial charge in [-0.15, -0.1) is 0 Å². The van der Waals surface area contributed by atoms with E-state index in [-0.39, 0.29) is 36.7 Å². The summed E-state index contributed by atoms with van der Waals surface area (Å²) in [6, 6.07) is 0. The number of carbonyl (C=O) groups excluding carboxylic acids is 3. The number of ketones is 1. The molecule has 0 aliphatic rings. The number of rotatable bonds is 18. The number of Topliss-reactive ketones (excluding diaryl/α,β-unsaturated/α-hetero) is 1. The van der Waals surface area contributed by atoms with Crippen molar-refractivity contribution in [3.05, 3.63) is 0 Å². The molecule has 1 atom stereocenters. The molecule has 0 aromatic heterocycles. The lowest BCUT2D eigenvalue weighted by molar-refractivity contribution is -0.127. The highest BCUT2D eigenvalue weighted by atomic mass is 16.5. The Morgan fingerprint density at radius 1 is 0.815 bits per heavy atom. The Bertz CT molecular complexity index is 417. The van der Waals surface area contributed by atoms with Gasteiger partial charge in [0.15, 0.2) is 0 Å². The molecule has 8 nitrogen and oxygen atoms in total. The summed E-state index contributed by atoms with van der Waals surface area (Å²) in [6.07, 6.45) is 3.50. The van der Waals surface area contributed by atoms with Crippen molar-refractivity contribution in [1.29, 1.82) is 0 Å². The number of carbonyl (C=O) groups is 3. The summed E-state index contributed by atoms with van der Waals surface area (Å²) in [5.41, 5.74) is 0. The molecule has 0 aliphatic heterocycles. The first-order valence-electron chi connectivity index (χ1n) is 9.74. The molecule has 2 amide bonds. The Hall–Kier alpha value is -1.51. The topological polar surface area (TPSA) is 103 Å². The first kappa shape index (κ1) is 25.5. The zero-order chi connectivity index (χ0) is 20.3. The van der Waals surface area contributed by atoms with Crippen molar-refractivity contribution >= 4 is 17.6 Å². The van der Waals surface area contributed by atoms with Gasteiger partial charge >= 0.3 is 0 Å². The first-order valence-corrected chi connectivity index (χ1v) is 9.74. The maximum absolute atomic E-state index is 11.6. The third-order valence-corrected chi connectivity index (χ3v) is 3.84. The zero-order valence-corrected chi connectivity index (χ0v) is 17.0. The molecule has 0 rings (SSSR count). The Balaban J connectivity index is 3.34. The van der Waals surface area contributed by atoms with Crippen LogP contribution in [0.4, 0.5) is 0 Å². The second-order valence-electron chi connectivity index (χ2n) is 6.42. The van der Waals surface area contributed by atoms with Crippen LogP contribution in [0, 0.1) is 5.92 Å². The van der Waals surface area contributed by atoms with Crippen LogP contribution in [-0.4, -0.2) is 70.3 Å². The quantitative estimate of drug-likeness (QED) is 0.341. The highest BCUT2D eigenvalue weighted by Crippen LogP contribution is 2.07. The van der Waals surface area contributed by atoms with Gasteiger partial charge in [0.25, 0.3) is 0 Å². The number of unbranched alkanes of at least 4 members (excludes halogenated alkanes) is 1. The van der Waals surface area contributed by atoms with Crippen LogP contribution in [-0.2, 0) is 28.6 Å². The number of nitrogens with one attached hydrogen (secondary N) is 2. The van der Waals surface area contributed by atoms with Gasteiger partial charge < -0.3 is 24.8 Å². The minimum Gasteiger partial charge on any atom is -0.377 e. The molecule has 8 heteroatoms. The molecule has 0 saturated heterocycles. The summed E-state index contributed by atoms with van der Waals surface area (Å²) in [5.74, 6) is -0.0190. The molecule has 0 bridgehead atoms. The molecule has 0 aliphatic carbocycles. The van der Waals surface area contributed by atoms with E-state index in [1.165, 1.54) is 0 Å². The van der Waals surface area contributed by atoms with Crippen molar-refractivity contribution in [2.75, 3.05) is 52.7 Å². The highest BCUT2D eigenvalue weighted by Gasteiger charge is 2.07. The van der Waals surface area contributed by atoms with Gasteiger partial charge in [-0.2, -0.15) is 0 Å². The standard InChI is InChI=1S/C19H36N2O6/c1-4-10-26-14-19(24)21-9-11-25-12-13-27-15-18(23)20-8-6-5-7-16(2)17(3)22/h16H,4-15H2,1-3H3,(H,20,23)(H,21,24)/t16-/m0/s1. The second-order valence-corrected chi connectivity index (χ2v) is 6.42. The van der Waals surface area contributed by atoms with Crippen LogP contribution >= 0.6 is 0 Å². The molecule has 0 fully saturated rings. The van der Waals surface area contributed by atoms with Gasteiger partial charge in [0, 0.05) is 25.6 Å². The van der Waals surface area contributed by atoms with Crippen LogP contribution in [0.3, 0.4) is 0 Å². The number of amides is 2. The lowest BCUT2D eigenvalue weighted by Crippen LogP contribution is -2.31. The number of hydrogen-bond acceptors (Lipinski definition) is 6. The van der Waals surface area contributed by atoms with E-state index < -0.39 is 0 Å². The fourth-order valence-corrected chi connectivity index (χ4v) is 2.07. The van der Waals surface area contributed by atoms with Crippen molar-refractivity contribution in [2.45, 2.75) is 46.5 Å². The molecule has 0 saturated carbocycles. The molecule has 0 spiro atoms. The Morgan fingerprint density at radius 3 is 2.04 bits per heavy atom. The molecule has 2 N–H and O–H groups in total.